The summed E-state index contributed by atoms with van der Waals surface area (Å²) < 4.78 is 0. The van der Waals surface area contributed by atoms with E-state index in [4.69, 9.17) is 0 Å². The van der Waals surface area contributed by atoms with Crippen LogP contribution in [0.4, 0.5) is 0 Å². The van der Waals surface area contributed by atoms with Crippen LogP contribution >= 0.6 is 11.3 Å². The second kappa shape index (κ2) is 6.54. The zero-order chi connectivity index (χ0) is 15.7. The molecule has 1 aliphatic carbocycles. The van der Waals surface area contributed by atoms with Crippen LogP contribution in [0.5, 0.6) is 0 Å². The summed E-state index contributed by atoms with van der Waals surface area (Å²) in [5.74, 6) is 0.575. The molecule has 1 spiro atoms. The molecule has 0 aromatic carbocycles. The number of hydrogen-bond acceptors (Lipinski definition) is 4. The summed E-state index contributed by atoms with van der Waals surface area (Å²) in [4.78, 5) is 15.4. The van der Waals surface area contributed by atoms with Crippen LogP contribution < -0.4 is 10.6 Å². The van der Waals surface area contributed by atoms with Gasteiger partial charge in [-0.15, -0.1) is 0 Å². The van der Waals surface area contributed by atoms with Gasteiger partial charge in [0.2, 0.25) is 5.91 Å². The minimum absolute atomic E-state index is 0.182. The number of rotatable bonds is 4. The third-order valence-electron chi connectivity index (χ3n) is 5.98. The third kappa shape index (κ3) is 3.19. The van der Waals surface area contributed by atoms with E-state index < -0.39 is 0 Å². The molecule has 0 bridgehead atoms. The smallest absolute Gasteiger partial charge is 0.227 e. The van der Waals surface area contributed by atoms with Gasteiger partial charge in [0.25, 0.3) is 0 Å². The van der Waals surface area contributed by atoms with Crippen molar-refractivity contribution in [2.75, 3.05) is 26.2 Å². The molecule has 1 saturated carbocycles. The van der Waals surface area contributed by atoms with Gasteiger partial charge < -0.3 is 15.5 Å². The van der Waals surface area contributed by atoms with Crippen LogP contribution in [0, 0.1) is 11.3 Å². The Hall–Kier alpha value is -0.910. The highest BCUT2D eigenvalue weighted by atomic mass is 32.1. The summed E-state index contributed by atoms with van der Waals surface area (Å²) in [5, 5.41) is 11.2. The Morgan fingerprint density at radius 3 is 2.87 bits per heavy atom. The Kier molecular flexibility index (Phi) is 4.43. The number of amides is 1. The zero-order valence-corrected chi connectivity index (χ0v) is 14.5. The van der Waals surface area contributed by atoms with Gasteiger partial charge in [-0.25, -0.2) is 0 Å². The van der Waals surface area contributed by atoms with Crippen LogP contribution in [0.1, 0.15) is 37.7 Å². The quantitative estimate of drug-likeness (QED) is 0.888. The maximum absolute atomic E-state index is 13.2. The van der Waals surface area contributed by atoms with Gasteiger partial charge in [-0.1, -0.05) is 0 Å². The minimum atomic E-state index is 0.182. The van der Waals surface area contributed by atoms with E-state index in [0.29, 0.717) is 17.4 Å². The SMILES string of the molecule is O=C([C@@H]1CCCNC1)N(Cc1ccsc1)[C@@H]1CC12CCNCC2. The van der Waals surface area contributed by atoms with Crippen LogP contribution in [-0.2, 0) is 11.3 Å². The molecule has 5 heteroatoms. The molecule has 0 unspecified atom stereocenters. The first-order chi connectivity index (χ1) is 11.3. The van der Waals surface area contributed by atoms with Crippen LogP contribution in [0.25, 0.3) is 0 Å². The predicted molar refractivity (Wildman–Crippen MR) is 93.4 cm³/mol. The average Bonchev–Trinajstić information content (AvgIpc) is 3.04. The van der Waals surface area contributed by atoms with Crippen molar-refractivity contribution in [3.05, 3.63) is 22.4 Å². The molecule has 3 fully saturated rings. The molecular weight excluding hydrogens is 306 g/mol. The highest BCUT2D eigenvalue weighted by Gasteiger charge is 2.58. The Bertz CT molecular complexity index is 532. The first-order valence-corrected chi connectivity index (χ1v) is 9.96. The Labute approximate surface area is 142 Å². The number of carbonyl (C=O) groups is 1. The summed E-state index contributed by atoms with van der Waals surface area (Å²) in [7, 11) is 0. The van der Waals surface area contributed by atoms with Gasteiger partial charge in [-0.3, -0.25) is 4.79 Å². The van der Waals surface area contributed by atoms with Gasteiger partial charge in [0, 0.05) is 19.1 Å². The summed E-state index contributed by atoms with van der Waals surface area (Å²) in [6.07, 6.45) is 5.85. The lowest BCUT2D eigenvalue weighted by atomic mass is 9.92. The van der Waals surface area contributed by atoms with E-state index in [1.165, 1.54) is 24.8 Å². The third-order valence-corrected chi connectivity index (χ3v) is 6.72. The number of nitrogens with one attached hydrogen (secondary N) is 2. The fourth-order valence-electron chi connectivity index (χ4n) is 4.45. The highest BCUT2D eigenvalue weighted by molar-refractivity contribution is 7.07. The molecule has 1 aromatic heterocycles. The summed E-state index contributed by atoms with van der Waals surface area (Å²) >= 11 is 1.73. The van der Waals surface area contributed by atoms with Gasteiger partial charge in [0.15, 0.2) is 0 Å². The van der Waals surface area contributed by atoms with Crippen molar-refractivity contribution in [2.45, 2.75) is 44.7 Å². The van der Waals surface area contributed by atoms with Crippen LogP contribution in [0.2, 0.25) is 0 Å². The van der Waals surface area contributed by atoms with Crippen molar-refractivity contribution in [2.24, 2.45) is 11.3 Å². The largest absolute Gasteiger partial charge is 0.334 e. The lowest BCUT2D eigenvalue weighted by Crippen LogP contribution is -2.45. The number of hydrogen-bond donors (Lipinski definition) is 2. The standard InChI is InChI=1S/C18H27N3OS/c22-17(15-2-1-6-20-11-15)21(12-14-3-9-23-13-14)16-10-18(16)4-7-19-8-5-18/h3,9,13,15-16,19-20H,1-2,4-8,10-12H2/t15-,16-/m1/s1. The van der Waals surface area contributed by atoms with Crippen molar-refractivity contribution in [1.29, 1.82) is 0 Å². The molecule has 1 amide bonds. The molecule has 2 saturated heterocycles. The van der Waals surface area contributed by atoms with E-state index in [1.807, 2.05) is 0 Å². The van der Waals surface area contributed by atoms with E-state index in [2.05, 4.69) is 32.4 Å². The van der Waals surface area contributed by atoms with Crippen molar-refractivity contribution < 1.29 is 4.79 Å². The van der Waals surface area contributed by atoms with Gasteiger partial charge in [0.1, 0.15) is 0 Å². The van der Waals surface area contributed by atoms with Gasteiger partial charge >= 0.3 is 0 Å². The summed E-state index contributed by atoms with van der Waals surface area (Å²) in [5.41, 5.74) is 1.71. The fourth-order valence-corrected chi connectivity index (χ4v) is 5.11. The van der Waals surface area contributed by atoms with Crippen LogP contribution in [0.15, 0.2) is 16.8 Å². The molecule has 4 nitrogen and oxygen atoms in total. The van der Waals surface area contributed by atoms with E-state index in [1.54, 1.807) is 11.3 Å². The normalized spacial score (nSPS) is 29.4. The molecule has 2 atom stereocenters. The zero-order valence-electron chi connectivity index (χ0n) is 13.7. The second-order valence-electron chi connectivity index (χ2n) is 7.47. The topological polar surface area (TPSA) is 44.4 Å². The first-order valence-electron chi connectivity index (χ1n) is 9.01. The molecule has 4 rings (SSSR count). The van der Waals surface area contributed by atoms with Gasteiger partial charge in [0.05, 0.1) is 5.92 Å². The average molecular weight is 334 g/mol. The first kappa shape index (κ1) is 15.6. The fraction of sp³-hybridized carbons (Fsp3) is 0.722. The summed E-state index contributed by atoms with van der Waals surface area (Å²) in [6.45, 7) is 4.95. The molecule has 2 aliphatic heterocycles. The molecule has 3 heterocycles. The maximum atomic E-state index is 13.2. The Morgan fingerprint density at radius 2 is 2.17 bits per heavy atom. The van der Waals surface area contributed by atoms with Crippen molar-refractivity contribution in [3.8, 4) is 0 Å². The lowest BCUT2D eigenvalue weighted by molar-refractivity contribution is -0.138. The molecular formula is C18H27N3OS. The van der Waals surface area contributed by atoms with E-state index in [9.17, 15) is 4.79 Å². The minimum Gasteiger partial charge on any atom is -0.334 e. The number of piperidine rings is 2. The number of carbonyl (C=O) groups excluding carboxylic acids is 1. The maximum Gasteiger partial charge on any atom is 0.227 e. The Balaban J connectivity index is 1.50. The van der Waals surface area contributed by atoms with E-state index in [-0.39, 0.29) is 5.92 Å². The van der Waals surface area contributed by atoms with E-state index >= 15 is 0 Å². The van der Waals surface area contributed by atoms with Gasteiger partial charge in [-0.2, -0.15) is 11.3 Å². The molecule has 3 aliphatic rings. The van der Waals surface area contributed by atoms with Crippen LogP contribution in [0.3, 0.4) is 0 Å². The lowest BCUT2D eigenvalue weighted by Gasteiger charge is -2.33. The Morgan fingerprint density at radius 1 is 1.30 bits per heavy atom. The number of nitrogens with zero attached hydrogens (tertiary/aromatic N) is 1. The van der Waals surface area contributed by atoms with Crippen LogP contribution in [-0.4, -0.2) is 43.0 Å². The summed E-state index contributed by atoms with van der Waals surface area (Å²) in [6, 6.07) is 2.64. The molecule has 0 radical (unpaired) electrons. The second-order valence-corrected chi connectivity index (χ2v) is 8.25. The van der Waals surface area contributed by atoms with Crippen molar-refractivity contribution in [3.63, 3.8) is 0 Å². The highest BCUT2D eigenvalue weighted by Crippen LogP contribution is 2.56. The van der Waals surface area contributed by atoms with Crippen molar-refractivity contribution in [1.82, 2.24) is 15.5 Å². The monoisotopic (exact) mass is 333 g/mol. The predicted octanol–water partition coefficient (Wildman–Crippen LogP) is 2.22. The molecule has 2 N–H and O–H groups in total. The van der Waals surface area contributed by atoms with Crippen molar-refractivity contribution >= 4 is 17.2 Å². The molecule has 126 valence electrons. The number of thiophene rings is 1. The molecule has 23 heavy (non-hydrogen) atoms. The van der Waals surface area contributed by atoms with E-state index in [0.717, 1.165) is 45.6 Å². The molecule has 1 aromatic rings. The van der Waals surface area contributed by atoms with Gasteiger partial charge in [-0.05, 0) is 79.5 Å².